The maximum atomic E-state index is 13.1. The number of thiophene rings is 1. The minimum Gasteiger partial charge on any atom is -0.351 e. The molecule has 0 bridgehead atoms. The molecule has 0 saturated heterocycles. The quantitative estimate of drug-likeness (QED) is 0.509. The summed E-state index contributed by atoms with van der Waals surface area (Å²) < 4.78 is 0. The fraction of sp³-hybridized carbons (Fsp3) is 0.111. The molecule has 6 nitrogen and oxygen atoms in total. The second-order valence-corrected chi connectivity index (χ2v) is 8.37. The number of rotatable bonds is 3. The predicted octanol–water partition coefficient (Wildman–Crippen LogP) is 4.23. The molecule has 1 atom stereocenters. The van der Waals surface area contributed by atoms with Crippen molar-refractivity contribution in [2.24, 2.45) is 5.73 Å². The molecule has 3 heterocycles. The molecule has 1 aliphatic heterocycles. The molecule has 27 heavy (non-hydrogen) atoms. The van der Waals surface area contributed by atoms with E-state index < -0.39 is 23.6 Å². The van der Waals surface area contributed by atoms with Crippen molar-refractivity contribution in [3.05, 3.63) is 55.5 Å². The third-order valence-corrected chi connectivity index (χ3v) is 6.20. The number of nitrogens with two attached hydrogens (primary N) is 1. The minimum absolute atomic E-state index is 0.294. The van der Waals surface area contributed by atoms with Gasteiger partial charge in [-0.05, 0) is 36.8 Å². The van der Waals surface area contributed by atoms with Crippen LogP contribution in [-0.4, -0.2) is 22.7 Å². The van der Waals surface area contributed by atoms with Gasteiger partial charge in [-0.2, -0.15) is 0 Å². The highest BCUT2D eigenvalue weighted by Crippen LogP contribution is 2.41. The summed E-state index contributed by atoms with van der Waals surface area (Å²) in [5.74, 6) is -2.20. The van der Waals surface area contributed by atoms with Crippen LogP contribution in [0.4, 0.5) is 10.5 Å². The van der Waals surface area contributed by atoms with E-state index in [0.717, 1.165) is 21.2 Å². The summed E-state index contributed by atoms with van der Waals surface area (Å²) in [5.41, 5.74) is 7.62. The fourth-order valence-electron chi connectivity index (χ4n) is 3.06. The van der Waals surface area contributed by atoms with Crippen molar-refractivity contribution >= 4 is 57.7 Å². The van der Waals surface area contributed by atoms with Crippen molar-refractivity contribution in [3.8, 4) is 11.3 Å². The second-order valence-electron chi connectivity index (χ2n) is 5.96. The first-order valence-electron chi connectivity index (χ1n) is 7.85. The van der Waals surface area contributed by atoms with E-state index in [1.807, 2.05) is 17.7 Å². The van der Waals surface area contributed by atoms with Crippen LogP contribution in [0.3, 0.4) is 0 Å². The zero-order valence-electron chi connectivity index (χ0n) is 13.9. The molecule has 1 aromatic carbocycles. The highest BCUT2D eigenvalue weighted by atomic mass is 35.5. The van der Waals surface area contributed by atoms with Crippen LogP contribution in [0.1, 0.15) is 26.2 Å². The number of aromatic nitrogens is 1. The third-order valence-electron chi connectivity index (χ3n) is 4.25. The molecule has 0 aliphatic carbocycles. The molecule has 3 aromatic rings. The molecule has 3 amide bonds. The number of hydrogen-bond donors (Lipinski definition) is 1. The lowest BCUT2D eigenvalue weighted by molar-refractivity contribution is -0.117. The number of aryl methyl sites for hydroxylation is 1. The lowest BCUT2D eigenvalue weighted by atomic mass is 9.95. The number of thiazole rings is 1. The van der Waals surface area contributed by atoms with Crippen LogP contribution in [0.25, 0.3) is 11.3 Å². The number of carbonyl (C=O) groups excluding carboxylic acids is 3. The number of benzene rings is 1. The standard InChI is InChI=1S/C18H12ClN3O3S2/c1-8-21-12(7-26-8)9-4-14(27-6-9)16(23)15-11-5-10(19)2-3-13(11)22(17(15)24)18(20)25/h2-7,15H,1H3,(H2,20,25). The van der Waals surface area contributed by atoms with E-state index in [1.54, 1.807) is 12.1 Å². The smallest absolute Gasteiger partial charge is 0.326 e. The van der Waals surface area contributed by atoms with Gasteiger partial charge in [0.2, 0.25) is 0 Å². The number of fused-ring (bicyclic) bond motifs is 1. The Bertz CT molecular complexity index is 1100. The highest BCUT2D eigenvalue weighted by molar-refractivity contribution is 7.12. The molecule has 0 fully saturated rings. The predicted molar refractivity (Wildman–Crippen MR) is 106 cm³/mol. The summed E-state index contributed by atoms with van der Waals surface area (Å²) in [7, 11) is 0. The Morgan fingerprint density at radius 3 is 2.67 bits per heavy atom. The molecule has 0 radical (unpaired) electrons. The molecule has 1 unspecified atom stereocenters. The Labute approximate surface area is 167 Å². The number of nitrogens with zero attached hydrogens (tertiary/aromatic N) is 2. The first-order valence-corrected chi connectivity index (χ1v) is 9.98. The van der Waals surface area contributed by atoms with Gasteiger partial charge in [-0.25, -0.2) is 14.7 Å². The van der Waals surface area contributed by atoms with Crippen LogP contribution < -0.4 is 10.6 Å². The maximum Gasteiger partial charge on any atom is 0.326 e. The molecule has 0 spiro atoms. The Morgan fingerprint density at radius 2 is 2.00 bits per heavy atom. The topological polar surface area (TPSA) is 93.4 Å². The molecule has 0 saturated carbocycles. The van der Waals surface area contributed by atoms with Gasteiger partial charge in [0, 0.05) is 21.3 Å². The number of urea groups is 1. The highest BCUT2D eigenvalue weighted by Gasteiger charge is 2.44. The Kier molecular flexibility index (Phi) is 4.33. The molecule has 2 N–H and O–H groups in total. The average molecular weight is 418 g/mol. The van der Waals surface area contributed by atoms with Gasteiger partial charge in [-0.3, -0.25) is 9.59 Å². The number of hydrogen-bond acceptors (Lipinski definition) is 6. The summed E-state index contributed by atoms with van der Waals surface area (Å²) in [5, 5.41) is 5.04. The fourth-order valence-corrected chi connectivity index (χ4v) is 4.73. The summed E-state index contributed by atoms with van der Waals surface area (Å²) >= 11 is 8.79. The van der Waals surface area contributed by atoms with Crippen molar-refractivity contribution in [3.63, 3.8) is 0 Å². The molecule has 9 heteroatoms. The molecular formula is C18H12ClN3O3S2. The largest absolute Gasteiger partial charge is 0.351 e. The monoisotopic (exact) mass is 417 g/mol. The number of anilines is 1. The molecule has 1 aliphatic rings. The van der Waals surface area contributed by atoms with Crippen LogP contribution in [0, 0.1) is 6.92 Å². The molecule has 136 valence electrons. The van der Waals surface area contributed by atoms with Crippen LogP contribution in [0.15, 0.2) is 35.0 Å². The number of Topliss-reactive ketones (excluding diaryl/α,β-unsaturated/α-hetero) is 1. The van der Waals surface area contributed by atoms with Crippen LogP contribution in [-0.2, 0) is 4.79 Å². The minimum atomic E-state index is -1.14. The number of ketones is 1. The normalized spacial score (nSPS) is 15.9. The van der Waals surface area contributed by atoms with Gasteiger partial charge >= 0.3 is 6.03 Å². The summed E-state index contributed by atoms with van der Waals surface area (Å²) in [6.07, 6.45) is 0. The van der Waals surface area contributed by atoms with E-state index >= 15 is 0 Å². The van der Waals surface area contributed by atoms with Gasteiger partial charge in [0.25, 0.3) is 5.91 Å². The van der Waals surface area contributed by atoms with E-state index in [0.29, 0.717) is 21.2 Å². The third kappa shape index (κ3) is 2.95. The van der Waals surface area contributed by atoms with Crippen molar-refractivity contribution in [1.29, 1.82) is 0 Å². The Balaban J connectivity index is 1.74. The van der Waals surface area contributed by atoms with Gasteiger partial charge in [0.05, 0.1) is 21.3 Å². The summed E-state index contributed by atoms with van der Waals surface area (Å²) in [6, 6.07) is 5.38. The van der Waals surface area contributed by atoms with E-state index in [2.05, 4.69) is 4.98 Å². The summed E-state index contributed by atoms with van der Waals surface area (Å²) in [4.78, 5) is 43.2. The van der Waals surface area contributed by atoms with Gasteiger partial charge < -0.3 is 5.73 Å². The zero-order valence-corrected chi connectivity index (χ0v) is 16.3. The van der Waals surface area contributed by atoms with Gasteiger partial charge in [-0.1, -0.05) is 11.6 Å². The lowest BCUT2D eigenvalue weighted by Gasteiger charge is -2.12. The first-order chi connectivity index (χ1) is 12.9. The van der Waals surface area contributed by atoms with Crippen molar-refractivity contribution in [2.45, 2.75) is 12.8 Å². The van der Waals surface area contributed by atoms with Crippen molar-refractivity contribution < 1.29 is 14.4 Å². The van der Waals surface area contributed by atoms with Gasteiger partial charge in [0.15, 0.2) is 5.78 Å². The van der Waals surface area contributed by atoms with E-state index in [1.165, 1.54) is 34.8 Å². The summed E-state index contributed by atoms with van der Waals surface area (Å²) in [6.45, 7) is 1.91. The SMILES string of the molecule is Cc1nc(-c2csc(C(=O)C3C(=O)N(C(N)=O)c4ccc(Cl)cc43)c2)cs1. The second kappa shape index (κ2) is 6.56. The Hall–Kier alpha value is -2.55. The van der Waals surface area contributed by atoms with E-state index in [-0.39, 0.29) is 0 Å². The number of carbonyl (C=O) groups is 3. The number of primary amides is 1. The zero-order chi connectivity index (χ0) is 19.3. The molecule has 2 aromatic heterocycles. The van der Waals surface area contributed by atoms with Gasteiger partial charge in [0.1, 0.15) is 5.92 Å². The van der Waals surface area contributed by atoms with Crippen molar-refractivity contribution in [2.75, 3.05) is 4.90 Å². The maximum absolute atomic E-state index is 13.1. The van der Waals surface area contributed by atoms with Crippen LogP contribution in [0.2, 0.25) is 5.02 Å². The number of imide groups is 1. The molecule has 4 rings (SSSR count). The number of amides is 3. The average Bonchev–Trinajstić information content (AvgIpc) is 3.30. The lowest BCUT2D eigenvalue weighted by Crippen LogP contribution is -2.40. The molecular weight excluding hydrogens is 406 g/mol. The van der Waals surface area contributed by atoms with E-state index in [9.17, 15) is 14.4 Å². The number of halogens is 1. The van der Waals surface area contributed by atoms with E-state index in [4.69, 9.17) is 17.3 Å². The van der Waals surface area contributed by atoms with Crippen LogP contribution >= 0.6 is 34.3 Å². The van der Waals surface area contributed by atoms with Crippen LogP contribution in [0.5, 0.6) is 0 Å². The van der Waals surface area contributed by atoms with Crippen molar-refractivity contribution in [1.82, 2.24) is 4.98 Å². The first kappa shape index (κ1) is 17.8. The van der Waals surface area contributed by atoms with Gasteiger partial charge in [-0.15, -0.1) is 22.7 Å². The Morgan fingerprint density at radius 1 is 1.22 bits per heavy atom.